The molecule has 0 bridgehead atoms. The van der Waals surface area contributed by atoms with Crippen molar-refractivity contribution >= 4 is 46.2 Å². The predicted octanol–water partition coefficient (Wildman–Crippen LogP) is 3.19. The van der Waals surface area contributed by atoms with E-state index in [4.69, 9.17) is 4.42 Å². The van der Waals surface area contributed by atoms with Crippen LogP contribution >= 0.6 is 0 Å². The molecule has 3 aromatic carbocycles. The van der Waals surface area contributed by atoms with Crippen LogP contribution in [-0.4, -0.2) is 15.0 Å². The van der Waals surface area contributed by atoms with Gasteiger partial charge in [-0.3, -0.25) is 0 Å². The summed E-state index contributed by atoms with van der Waals surface area (Å²) in [5.41, 5.74) is 2.10. The third-order valence-corrected chi connectivity index (χ3v) is 6.05. The SMILES string of the molecule is O=c1oc2ccccc2c(Nc2ccccc2)c1[Se]c1ccccc1. The molecule has 1 aromatic heterocycles. The molecule has 25 heavy (non-hydrogen) atoms. The number of para-hydroxylation sites is 2. The van der Waals surface area contributed by atoms with E-state index in [0.717, 1.165) is 21.2 Å². The molecule has 0 radical (unpaired) electrons. The monoisotopic (exact) mass is 393 g/mol. The van der Waals surface area contributed by atoms with Crippen molar-refractivity contribution in [1.29, 1.82) is 0 Å². The van der Waals surface area contributed by atoms with Gasteiger partial charge in [-0.05, 0) is 0 Å². The second-order valence-electron chi connectivity index (χ2n) is 5.50. The molecule has 0 unspecified atom stereocenters. The van der Waals surface area contributed by atoms with Crippen molar-refractivity contribution in [3.8, 4) is 0 Å². The van der Waals surface area contributed by atoms with Crippen molar-refractivity contribution in [3.05, 3.63) is 95.3 Å². The molecule has 0 fully saturated rings. The molecular weight excluding hydrogens is 377 g/mol. The summed E-state index contributed by atoms with van der Waals surface area (Å²) in [4.78, 5) is 12.7. The van der Waals surface area contributed by atoms with Crippen LogP contribution in [0.1, 0.15) is 0 Å². The summed E-state index contributed by atoms with van der Waals surface area (Å²) in [6.07, 6.45) is 0. The third kappa shape index (κ3) is 3.36. The molecule has 1 N–H and O–H groups in total. The molecule has 0 aliphatic heterocycles. The Morgan fingerprint density at radius 1 is 0.760 bits per heavy atom. The van der Waals surface area contributed by atoms with E-state index in [1.807, 2.05) is 84.9 Å². The molecule has 122 valence electrons. The minimum absolute atomic E-state index is 0.150. The number of benzene rings is 3. The molecule has 4 aromatic rings. The Labute approximate surface area is 151 Å². The van der Waals surface area contributed by atoms with Crippen LogP contribution in [0.15, 0.2) is 94.1 Å². The Bertz CT molecular complexity index is 1060. The first-order chi connectivity index (χ1) is 12.3. The van der Waals surface area contributed by atoms with Crippen LogP contribution in [0.5, 0.6) is 0 Å². The molecule has 0 atom stereocenters. The topological polar surface area (TPSA) is 42.2 Å². The Morgan fingerprint density at radius 2 is 1.40 bits per heavy atom. The molecule has 0 saturated carbocycles. The van der Waals surface area contributed by atoms with Crippen molar-refractivity contribution in [1.82, 2.24) is 0 Å². The van der Waals surface area contributed by atoms with Gasteiger partial charge in [0.15, 0.2) is 0 Å². The Kier molecular flexibility index (Phi) is 4.38. The standard InChI is InChI=1S/C21H15NO2Se/c23-21-20(25-16-11-5-2-6-12-16)19(22-15-9-3-1-4-10-15)17-13-7-8-14-18(17)24-21/h1-14,22H. The van der Waals surface area contributed by atoms with Crippen molar-refractivity contribution in [2.45, 2.75) is 0 Å². The van der Waals surface area contributed by atoms with Gasteiger partial charge in [-0.15, -0.1) is 0 Å². The van der Waals surface area contributed by atoms with Crippen LogP contribution in [0.25, 0.3) is 11.0 Å². The first-order valence-corrected chi connectivity index (χ1v) is 9.63. The number of rotatable bonds is 4. The second-order valence-corrected chi connectivity index (χ2v) is 7.77. The van der Waals surface area contributed by atoms with Crippen molar-refractivity contribution in [3.63, 3.8) is 0 Å². The van der Waals surface area contributed by atoms with E-state index in [1.165, 1.54) is 0 Å². The fourth-order valence-electron chi connectivity index (χ4n) is 2.62. The molecule has 4 rings (SSSR count). The average molecular weight is 392 g/mol. The fourth-order valence-corrected chi connectivity index (χ4v) is 4.55. The maximum atomic E-state index is 12.7. The van der Waals surface area contributed by atoms with E-state index in [1.54, 1.807) is 0 Å². The van der Waals surface area contributed by atoms with Crippen LogP contribution in [0, 0.1) is 0 Å². The molecule has 1 heterocycles. The van der Waals surface area contributed by atoms with E-state index in [0.29, 0.717) is 10.0 Å². The molecule has 0 amide bonds. The van der Waals surface area contributed by atoms with Crippen LogP contribution in [0.4, 0.5) is 11.4 Å². The van der Waals surface area contributed by atoms with Crippen LogP contribution in [0.2, 0.25) is 0 Å². The average Bonchev–Trinajstić information content (AvgIpc) is 2.66. The number of fused-ring (bicyclic) bond motifs is 1. The van der Waals surface area contributed by atoms with Crippen LogP contribution in [0.3, 0.4) is 0 Å². The van der Waals surface area contributed by atoms with E-state index >= 15 is 0 Å². The predicted molar refractivity (Wildman–Crippen MR) is 104 cm³/mol. The number of anilines is 2. The number of nitrogens with one attached hydrogen (secondary N) is 1. The van der Waals surface area contributed by atoms with Crippen molar-refractivity contribution in [2.75, 3.05) is 5.32 Å². The molecule has 4 heteroatoms. The summed E-state index contributed by atoms with van der Waals surface area (Å²) in [5, 5.41) is 4.35. The van der Waals surface area contributed by atoms with Crippen molar-refractivity contribution < 1.29 is 4.42 Å². The fraction of sp³-hybridized carbons (Fsp3) is 0. The van der Waals surface area contributed by atoms with Gasteiger partial charge < -0.3 is 0 Å². The quantitative estimate of drug-likeness (QED) is 0.429. The zero-order valence-corrected chi connectivity index (χ0v) is 15.0. The van der Waals surface area contributed by atoms with Crippen LogP contribution < -0.4 is 19.9 Å². The van der Waals surface area contributed by atoms with E-state index in [9.17, 15) is 4.79 Å². The first kappa shape index (κ1) is 15.7. The normalized spacial score (nSPS) is 10.7. The van der Waals surface area contributed by atoms with E-state index in [-0.39, 0.29) is 20.6 Å². The van der Waals surface area contributed by atoms with Crippen LogP contribution in [-0.2, 0) is 0 Å². The first-order valence-electron chi connectivity index (χ1n) is 7.92. The van der Waals surface area contributed by atoms with Gasteiger partial charge in [0.05, 0.1) is 0 Å². The Balaban J connectivity index is 1.89. The van der Waals surface area contributed by atoms with Crippen molar-refractivity contribution in [2.24, 2.45) is 0 Å². The van der Waals surface area contributed by atoms with Gasteiger partial charge in [0.25, 0.3) is 0 Å². The van der Waals surface area contributed by atoms with E-state index in [2.05, 4.69) is 5.32 Å². The molecule has 0 saturated heterocycles. The Morgan fingerprint density at radius 3 is 2.16 bits per heavy atom. The summed E-state index contributed by atoms with van der Waals surface area (Å²) in [6.45, 7) is 0. The summed E-state index contributed by atoms with van der Waals surface area (Å²) in [6, 6.07) is 27.6. The second kappa shape index (κ2) is 6.98. The van der Waals surface area contributed by atoms with Gasteiger partial charge >= 0.3 is 151 Å². The van der Waals surface area contributed by atoms with Gasteiger partial charge in [0.1, 0.15) is 0 Å². The molecule has 0 aliphatic carbocycles. The van der Waals surface area contributed by atoms with Gasteiger partial charge in [-0.2, -0.15) is 0 Å². The van der Waals surface area contributed by atoms with E-state index < -0.39 is 0 Å². The maximum absolute atomic E-state index is 12.7. The Hall–Kier alpha value is -2.81. The molecular formula is C21H15NO2Se. The van der Waals surface area contributed by atoms with Gasteiger partial charge in [-0.1, -0.05) is 0 Å². The number of hydrogen-bond donors (Lipinski definition) is 1. The molecule has 3 nitrogen and oxygen atoms in total. The minimum atomic E-state index is -0.277. The summed E-state index contributed by atoms with van der Waals surface area (Å²) in [7, 11) is 0. The van der Waals surface area contributed by atoms with Gasteiger partial charge in [-0.25, -0.2) is 0 Å². The molecule has 0 spiro atoms. The third-order valence-electron chi connectivity index (χ3n) is 3.78. The van der Waals surface area contributed by atoms with Gasteiger partial charge in [0, 0.05) is 0 Å². The number of hydrogen-bond acceptors (Lipinski definition) is 3. The summed E-state index contributed by atoms with van der Waals surface area (Å²) < 4.78 is 7.39. The summed E-state index contributed by atoms with van der Waals surface area (Å²) in [5.74, 6) is 0. The zero-order chi connectivity index (χ0) is 17.1. The molecule has 0 aliphatic rings. The summed E-state index contributed by atoms with van der Waals surface area (Å²) >= 11 is -0.150. The van der Waals surface area contributed by atoms with Gasteiger partial charge in [0.2, 0.25) is 0 Å². The zero-order valence-electron chi connectivity index (χ0n) is 13.3.